The summed E-state index contributed by atoms with van der Waals surface area (Å²) in [5.74, 6) is 3.21. The molecule has 0 heterocycles. The van der Waals surface area contributed by atoms with Crippen molar-refractivity contribution in [1.29, 1.82) is 5.41 Å². The number of nitrogens with two attached hydrogens (primary N) is 2. The van der Waals surface area contributed by atoms with Crippen molar-refractivity contribution < 1.29 is 24.3 Å². The number of aliphatic carboxylic acids is 1. The van der Waals surface area contributed by atoms with Crippen LogP contribution in [-0.2, 0) is 9.36 Å². The standard InChI is InChI=1S/C3H8NO5P.CH6N4/c5-3(6)1-4-2-10(7,8)9;2-1(3)5-4/h4H,1-2H2,(H,5,6)(H2,7,8,9);4H2,(H4,2,3,5). The first-order valence-corrected chi connectivity index (χ1v) is 5.26. The number of carboxylic acids is 1. The highest BCUT2D eigenvalue weighted by Gasteiger charge is 2.11. The molecule has 0 aromatic carbocycles. The fraction of sp³-hybridized carbons (Fsp3) is 0.500. The molecule has 15 heavy (non-hydrogen) atoms. The van der Waals surface area contributed by atoms with Gasteiger partial charge >= 0.3 is 13.6 Å². The average molecular weight is 243 g/mol. The normalized spacial score (nSPS) is 9.80. The Morgan fingerprint density at radius 3 is 2.07 bits per heavy atom. The molecule has 0 aromatic heterocycles. The van der Waals surface area contributed by atoms with E-state index in [0.717, 1.165) is 0 Å². The van der Waals surface area contributed by atoms with E-state index in [-0.39, 0.29) is 5.96 Å². The molecular weight excluding hydrogens is 229 g/mol. The van der Waals surface area contributed by atoms with E-state index in [2.05, 4.69) is 16.9 Å². The Labute approximate surface area is 85.3 Å². The van der Waals surface area contributed by atoms with Gasteiger partial charge in [0.15, 0.2) is 5.96 Å². The van der Waals surface area contributed by atoms with Crippen LogP contribution in [0.3, 0.4) is 0 Å². The van der Waals surface area contributed by atoms with Gasteiger partial charge in [-0.2, -0.15) is 0 Å². The summed E-state index contributed by atoms with van der Waals surface area (Å²) in [6.45, 7) is -0.439. The lowest BCUT2D eigenvalue weighted by molar-refractivity contribution is -0.135. The summed E-state index contributed by atoms with van der Waals surface area (Å²) in [4.78, 5) is 26.1. The Morgan fingerprint density at radius 1 is 1.47 bits per heavy atom. The van der Waals surface area contributed by atoms with Crippen LogP contribution in [0.2, 0.25) is 0 Å². The van der Waals surface area contributed by atoms with E-state index < -0.39 is 26.4 Å². The SMILES string of the molecule is N=C(N)NN.O=C(O)CNCP(=O)(O)O. The fourth-order valence-electron chi connectivity index (χ4n) is 0.308. The monoisotopic (exact) mass is 243 g/mol. The minimum Gasteiger partial charge on any atom is -0.480 e. The second kappa shape index (κ2) is 8.15. The zero-order valence-corrected chi connectivity index (χ0v) is 8.57. The predicted octanol–water partition coefficient (Wildman–Crippen LogP) is -2.86. The van der Waals surface area contributed by atoms with Crippen LogP contribution in [0, 0.1) is 5.41 Å². The molecular formula is C4H14N5O5P. The Kier molecular flexibility index (Phi) is 8.82. The van der Waals surface area contributed by atoms with Gasteiger partial charge in [0.05, 0.1) is 12.8 Å². The van der Waals surface area contributed by atoms with Crippen LogP contribution in [0.25, 0.3) is 0 Å². The van der Waals surface area contributed by atoms with Crippen LogP contribution in [0.4, 0.5) is 0 Å². The molecule has 0 aliphatic heterocycles. The first-order chi connectivity index (χ1) is 6.69. The fourth-order valence-corrected chi connectivity index (χ4v) is 0.712. The molecule has 0 aliphatic rings. The van der Waals surface area contributed by atoms with Gasteiger partial charge in [-0.15, -0.1) is 0 Å². The van der Waals surface area contributed by atoms with Crippen molar-refractivity contribution in [2.45, 2.75) is 0 Å². The first kappa shape index (κ1) is 16.2. The summed E-state index contributed by atoms with van der Waals surface area (Å²) in [6, 6.07) is 0. The summed E-state index contributed by atoms with van der Waals surface area (Å²) in [6.07, 6.45) is -0.598. The molecule has 10 nitrogen and oxygen atoms in total. The lowest BCUT2D eigenvalue weighted by Gasteiger charge is -2.02. The number of hydrogen-bond acceptors (Lipinski definition) is 5. The lowest BCUT2D eigenvalue weighted by Crippen LogP contribution is -2.35. The summed E-state index contributed by atoms with van der Waals surface area (Å²) in [5.41, 5.74) is 6.53. The van der Waals surface area contributed by atoms with Gasteiger partial charge in [0.1, 0.15) is 0 Å². The zero-order chi connectivity index (χ0) is 12.5. The van der Waals surface area contributed by atoms with Crippen LogP contribution in [-0.4, -0.2) is 39.7 Å². The minimum atomic E-state index is -4.10. The number of guanidine groups is 1. The molecule has 0 radical (unpaired) electrons. The van der Waals surface area contributed by atoms with Crippen LogP contribution in [0.15, 0.2) is 0 Å². The molecule has 0 saturated heterocycles. The van der Waals surface area contributed by atoms with Gasteiger partial charge in [0.25, 0.3) is 0 Å². The van der Waals surface area contributed by atoms with E-state index in [1.54, 1.807) is 0 Å². The van der Waals surface area contributed by atoms with Crippen molar-refractivity contribution in [2.75, 3.05) is 12.8 Å². The van der Waals surface area contributed by atoms with Gasteiger partial charge < -0.3 is 20.6 Å². The van der Waals surface area contributed by atoms with E-state index in [1.807, 2.05) is 5.43 Å². The molecule has 0 bridgehead atoms. The second-order valence-electron chi connectivity index (χ2n) is 2.20. The molecule has 0 atom stereocenters. The maximum atomic E-state index is 10.1. The number of carbonyl (C=O) groups is 1. The van der Waals surface area contributed by atoms with Gasteiger partial charge in [-0.1, -0.05) is 0 Å². The van der Waals surface area contributed by atoms with Gasteiger partial charge in [0, 0.05) is 0 Å². The van der Waals surface area contributed by atoms with Crippen LogP contribution in [0.5, 0.6) is 0 Å². The Bertz CT molecular complexity index is 252. The summed E-state index contributed by atoms with van der Waals surface area (Å²) >= 11 is 0. The third-order valence-corrected chi connectivity index (χ3v) is 1.39. The number of nitrogens with one attached hydrogen (secondary N) is 3. The molecule has 0 spiro atoms. The van der Waals surface area contributed by atoms with Crippen LogP contribution >= 0.6 is 7.60 Å². The van der Waals surface area contributed by atoms with E-state index in [0.29, 0.717) is 0 Å². The Balaban J connectivity index is 0. The van der Waals surface area contributed by atoms with Gasteiger partial charge in [-0.3, -0.25) is 25.5 Å². The highest BCUT2D eigenvalue weighted by molar-refractivity contribution is 7.51. The Hall–Kier alpha value is -1.19. The van der Waals surface area contributed by atoms with Crippen molar-refractivity contribution in [3.63, 3.8) is 0 Å². The summed E-state index contributed by atoms with van der Waals surface area (Å²) in [7, 11) is -4.10. The molecule has 11 heteroatoms. The second-order valence-corrected chi connectivity index (χ2v) is 3.85. The predicted molar refractivity (Wildman–Crippen MR) is 51.8 cm³/mol. The van der Waals surface area contributed by atoms with E-state index in [4.69, 9.17) is 20.3 Å². The van der Waals surface area contributed by atoms with Crippen molar-refractivity contribution in [3.05, 3.63) is 0 Å². The van der Waals surface area contributed by atoms with Gasteiger partial charge in [-0.05, 0) is 0 Å². The summed E-state index contributed by atoms with van der Waals surface area (Å²) in [5, 5.41) is 16.3. The van der Waals surface area contributed by atoms with Crippen molar-refractivity contribution >= 4 is 19.5 Å². The smallest absolute Gasteiger partial charge is 0.339 e. The summed E-state index contributed by atoms with van der Waals surface area (Å²) < 4.78 is 10.1. The van der Waals surface area contributed by atoms with Gasteiger partial charge in [-0.25, -0.2) is 5.84 Å². The maximum Gasteiger partial charge on any atom is 0.339 e. The lowest BCUT2D eigenvalue weighted by atomic mass is 10.7. The number of hydrogen-bond donors (Lipinski definition) is 8. The highest BCUT2D eigenvalue weighted by Crippen LogP contribution is 2.31. The van der Waals surface area contributed by atoms with E-state index in [1.165, 1.54) is 0 Å². The Morgan fingerprint density at radius 2 is 1.87 bits per heavy atom. The molecule has 0 aliphatic carbocycles. The molecule has 0 unspecified atom stereocenters. The average Bonchev–Trinajstić information content (AvgIpc) is 2.02. The zero-order valence-electron chi connectivity index (χ0n) is 7.67. The van der Waals surface area contributed by atoms with E-state index in [9.17, 15) is 9.36 Å². The van der Waals surface area contributed by atoms with E-state index >= 15 is 0 Å². The molecule has 10 N–H and O–H groups in total. The van der Waals surface area contributed by atoms with Crippen molar-refractivity contribution in [1.82, 2.24) is 10.7 Å². The molecule has 0 aromatic rings. The molecule has 0 fully saturated rings. The highest BCUT2D eigenvalue weighted by atomic mass is 31.2. The topological polar surface area (TPSA) is 195 Å². The number of hydrazine groups is 1. The molecule has 90 valence electrons. The molecule has 0 saturated carbocycles. The third-order valence-electron chi connectivity index (χ3n) is 0.750. The molecule has 0 rings (SSSR count). The third kappa shape index (κ3) is 24.5. The quantitative estimate of drug-likeness (QED) is 0.0841. The molecule has 0 amide bonds. The van der Waals surface area contributed by atoms with Crippen LogP contribution < -0.4 is 22.3 Å². The van der Waals surface area contributed by atoms with Gasteiger partial charge in [0.2, 0.25) is 0 Å². The number of rotatable bonds is 4. The van der Waals surface area contributed by atoms with Crippen molar-refractivity contribution in [3.8, 4) is 0 Å². The first-order valence-electron chi connectivity index (χ1n) is 3.46. The minimum absolute atomic E-state index is 0.218. The van der Waals surface area contributed by atoms with Crippen LogP contribution in [0.1, 0.15) is 0 Å². The maximum absolute atomic E-state index is 10.1. The largest absolute Gasteiger partial charge is 0.480 e. The van der Waals surface area contributed by atoms with Crippen molar-refractivity contribution in [2.24, 2.45) is 11.6 Å². The number of carboxylic acid groups (broad SMARTS) is 1.